The van der Waals surface area contributed by atoms with E-state index >= 15 is 0 Å². The lowest BCUT2D eigenvalue weighted by atomic mass is 10.1. The number of imidazole rings is 1. The van der Waals surface area contributed by atoms with Gasteiger partial charge in [-0.3, -0.25) is 14.5 Å². The number of halogens is 3. The van der Waals surface area contributed by atoms with Gasteiger partial charge in [0.2, 0.25) is 11.8 Å². The Morgan fingerprint density at radius 1 is 1.24 bits per heavy atom. The van der Waals surface area contributed by atoms with Gasteiger partial charge >= 0.3 is 18.1 Å². The summed E-state index contributed by atoms with van der Waals surface area (Å²) in [5, 5.41) is 19.3. The van der Waals surface area contributed by atoms with Gasteiger partial charge in [0.1, 0.15) is 6.04 Å². The molecule has 1 aliphatic heterocycles. The lowest BCUT2D eigenvalue weighted by molar-refractivity contribution is -0.192. The van der Waals surface area contributed by atoms with Crippen molar-refractivity contribution in [3.05, 3.63) is 53.6 Å². The summed E-state index contributed by atoms with van der Waals surface area (Å²) in [7, 11) is 0. The fourth-order valence-corrected chi connectivity index (χ4v) is 4.92. The zero-order valence-electron chi connectivity index (χ0n) is 23.4. The molecule has 0 aliphatic carbocycles. The second-order valence-electron chi connectivity index (χ2n) is 9.78. The molecule has 1 fully saturated rings. The number of rotatable bonds is 13. The zero-order valence-corrected chi connectivity index (χ0v) is 24.2. The van der Waals surface area contributed by atoms with E-state index in [-0.39, 0.29) is 30.8 Å². The number of hydrogen-bond acceptors (Lipinski definition) is 7. The summed E-state index contributed by atoms with van der Waals surface area (Å²) in [5.41, 5.74) is 3.01. The summed E-state index contributed by atoms with van der Waals surface area (Å²) in [6.07, 6.45) is 2.48. The largest absolute Gasteiger partial charge is 0.490 e. The number of aryl methyl sites for hydroxylation is 1. The molecule has 2 heterocycles. The van der Waals surface area contributed by atoms with Crippen LogP contribution in [0, 0.1) is 6.92 Å². The molecule has 2 atom stereocenters. The molecule has 232 valence electrons. The van der Waals surface area contributed by atoms with Crippen LogP contribution in [-0.4, -0.2) is 104 Å². The quantitative estimate of drug-likeness (QED) is 0.266. The third-order valence-corrected chi connectivity index (χ3v) is 7.22. The molecule has 4 N–H and O–H groups in total. The molecule has 1 aliphatic rings. The number of aliphatic carboxylic acids is 2. The molecule has 1 aromatic carbocycles. The fourth-order valence-electron chi connectivity index (χ4n) is 4.45. The average molecular weight is 616 g/mol. The normalized spacial score (nSPS) is 15.6. The topological polar surface area (TPSA) is 156 Å². The van der Waals surface area contributed by atoms with Gasteiger partial charge in [-0.15, -0.1) is 0 Å². The summed E-state index contributed by atoms with van der Waals surface area (Å²) >= 11 is 1.55. The van der Waals surface area contributed by atoms with E-state index in [0.29, 0.717) is 31.8 Å². The molecule has 0 bridgehead atoms. The summed E-state index contributed by atoms with van der Waals surface area (Å²) < 4.78 is 31.7. The monoisotopic (exact) mass is 615 g/mol. The van der Waals surface area contributed by atoms with E-state index in [4.69, 9.17) is 9.90 Å². The summed E-state index contributed by atoms with van der Waals surface area (Å²) in [4.78, 5) is 57.3. The number of carbonyl (C=O) groups is 4. The minimum atomic E-state index is -5.08. The fraction of sp³-hybridized carbons (Fsp3) is 0.519. The molecule has 1 saturated heterocycles. The Morgan fingerprint density at radius 2 is 1.93 bits per heavy atom. The molecule has 1 aromatic heterocycles. The van der Waals surface area contributed by atoms with Crippen LogP contribution in [0.5, 0.6) is 0 Å². The Labute approximate surface area is 245 Å². The van der Waals surface area contributed by atoms with Gasteiger partial charge in [-0.05, 0) is 49.3 Å². The number of nitrogens with one attached hydrogen (secondary N) is 2. The van der Waals surface area contributed by atoms with Crippen LogP contribution in [0.3, 0.4) is 0 Å². The van der Waals surface area contributed by atoms with Gasteiger partial charge in [0.05, 0.1) is 19.3 Å². The SMILES string of the molecule is CSCC[C@H](NC(=O)CN(Cc1ccccc1C)C[C@@H]1CCCN1C(=O)Cc1cnc[nH]1)C(=O)O.O=C(O)C(F)(F)F. The van der Waals surface area contributed by atoms with Crippen molar-refractivity contribution >= 4 is 35.5 Å². The second kappa shape index (κ2) is 16.8. The number of hydrogen-bond donors (Lipinski definition) is 4. The first kappa shape index (κ1) is 34.6. The van der Waals surface area contributed by atoms with E-state index in [1.165, 1.54) is 0 Å². The molecule has 42 heavy (non-hydrogen) atoms. The van der Waals surface area contributed by atoms with Gasteiger partial charge in [0.15, 0.2) is 0 Å². The maximum Gasteiger partial charge on any atom is 0.490 e. The van der Waals surface area contributed by atoms with Crippen LogP contribution in [-0.2, 0) is 32.1 Å². The lowest BCUT2D eigenvalue weighted by Crippen LogP contribution is -2.49. The smallest absolute Gasteiger partial charge is 0.480 e. The van der Waals surface area contributed by atoms with Crippen molar-refractivity contribution in [3.63, 3.8) is 0 Å². The minimum absolute atomic E-state index is 0.00555. The van der Waals surface area contributed by atoms with Crippen molar-refractivity contribution in [2.45, 2.75) is 57.4 Å². The molecule has 0 spiro atoms. The zero-order chi connectivity index (χ0) is 31.3. The highest BCUT2D eigenvalue weighted by molar-refractivity contribution is 7.98. The predicted molar refractivity (Wildman–Crippen MR) is 150 cm³/mol. The molecule has 2 aromatic rings. The van der Waals surface area contributed by atoms with Crippen LogP contribution in [0.15, 0.2) is 36.8 Å². The third kappa shape index (κ3) is 11.7. The van der Waals surface area contributed by atoms with Crippen molar-refractivity contribution in [1.29, 1.82) is 0 Å². The summed E-state index contributed by atoms with van der Waals surface area (Å²) in [5.74, 6) is -3.41. The molecule has 0 unspecified atom stereocenters. The van der Waals surface area contributed by atoms with E-state index in [1.807, 2.05) is 47.2 Å². The lowest BCUT2D eigenvalue weighted by Gasteiger charge is -2.31. The van der Waals surface area contributed by atoms with Gasteiger partial charge in [0.25, 0.3) is 0 Å². The Bertz CT molecular complexity index is 1180. The Morgan fingerprint density at radius 3 is 2.50 bits per heavy atom. The highest BCUT2D eigenvalue weighted by atomic mass is 32.2. The van der Waals surface area contributed by atoms with Crippen molar-refractivity contribution in [2.75, 3.05) is 31.6 Å². The first-order valence-electron chi connectivity index (χ1n) is 13.2. The number of likely N-dealkylation sites (tertiary alicyclic amines) is 1. The Hall–Kier alpha value is -3.59. The van der Waals surface area contributed by atoms with Crippen LogP contribution in [0.2, 0.25) is 0 Å². The van der Waals surface area contributed by atoms with Crippen molar-refractivity contribution < 1.29 is 42.6 Å². The minimum Gasteiger partial charge on any atom is -0.480 e. The molecule has 0 radical (unpaired) electrons. The van der Waals surface area contributed by atoms with Gasteiger partial charge in [0, 0.05) is 37.6 Å². The number of alkyl halides is 3. The molecule has 3 rings (SSSR count). The Balaban J connectivity index is 0.000000782. The maximum absolute atomic E-state index is 13.0. The molecule has 11 nitrogen and oxygen atoms in total. The number of aromatic nitrogens is 2. The van der Waals surface area contributed by atoms with Gasteiger partial charge < -0.3 is 25.4 Å². The molecular formula is C27H36F3N5O6S. The first-order valence-corrected chi connectivity index (χ1v) is 14.6. The second-order valence-corrected chi connectivity index (χ2v) is 10.8. The maximum atomic E-state index is 13.0. The first-order chi connectivity index (χ1) is 19.8. The summed E-state index contributed by atoms with van der Waals surface area (Å²) in [6, 6.07) is 7.11. The number of nitrogens with zero attached hydrogens (tertiary/aromatic N) is 3. The van der Waals surface area contributed by atoms with Crippen molar-refractivity contribution in [3.8, 4) is 0 Å². The molecular weight excluding hydrogens is 579 g/mol. The highest BCUT2D eigenvalue weighted by Gasteiger charge is 2.38. The number of benzene rings is 1. The molecule has 15 heteroatoms. The standard InChI is InChI=1S/C25H35N5O4S.C2HF3O2/c1-18-6-3-4-7-19(18)14-29(16-23(31)28-22(25(33)34)9-11-35-2)15-21-8-5-10-30(21)24(32)12-20-13-26-17-27-20;3-2(4,5)1(6)7/h3-4,6-7,13,17,21-22H,5,8-12,14-16H2,1-2H3,(H,26,27)(H,28,31)(H,33,34);(H,6,7)/t21-,22-;/m0./s1. The predicted octanol–water partition coefficient (Wildman–Crippen LogP) is 2.71. The van der Waals surface area contributed by atoms with Crippen LogP contribution in [0.1, 0.15) is 36.1 Å². The van der Waals surface area contributed by atoms with Crippen LogP contribution < -0.4 is 5.32 Å². The average Bonchev–Trinajstić information content (AvgIpc) is 3.59. The highest BCUT2D eigenvalue weighted by Crippen LogP contribution is 2.21. The number of amides is 2. The number of carbonyl (C=O) groups excluding carboxylic acids is 2. The van der Waals surface area contributed by atoms with Crippen molar-refractivity contribution in [2.24, 2.45) is 0 Å². The van der Waals surface area contributed by atoms with E-state index in [9.17, 15) is 32.7 Å². The number of H-pyrrole nitrogens is 1. The molecule has 2 amide bonds. The van der Waals surface area contributed by atoms with Crippen LogP contribution in [0.25, 0.3) is 0 Å². The number of thioether (sulfide) groups is 1. The number of carboxylic acids is 2. The van der Waals surface area contributed by atoms with Crippen molar-refractivity contribution in [1.82, 2.24) is 25.1 Å². The van der Waals surface area contributed by atoms with Crippen LogP contribution >= 0.6 is 11.8 Å². The van der Waals surface area contributed by atoms with E-state index < -0.39 is 24.2 Å². The van der Waals surface area contributed by atoms with Gasteiger partial charge in [-0.1, -0.05) is 24.3 Å². The van der Waals surface area contributed by atoms with E-state index in [0.717, 1.165) is 29.7 Å². The van der Waals surface area contributed by atoms with Gasteiger partial charge in [-0.2, -0.15) is 24.9 Å². The van der Waals surface area contributed by atoms with Gasteiger partial charge in [-0.25, -0.2) is 14.6 Å². The Kier molecular flexibility index (Phi) is 13.8. The van der Waals surface area contributed by atoms with Crippen LogP contribution in [0.4, 0.5) is 13.2 Å². The third-order valence-electron chi connectivity index (χ3n) is 6.57. The number of carboxylic acid groups (broad SMARTS) is 2. The van der Waals surface area contributed by atoms with E-state index in [2.05, 4.69) is 15.3 Å². The van der Waals surface area contributed by atoms with E-state index in [1.54, 1.807) is 24.3 Å². The molecule has 0 saturated carbocycles. The summed E-state index contributed by atoms with van der Waals surface area (Å²) in [6.45, 7) is 3.88. The number of aromatic amines is 1.